The first-order valence-electron chi connectivity index (χ1n) is 8.81. The fourth-order valence-electron chi connectivity index (χ4n) is 3.11. The summed E-state index contributed by atoms with van der Waals surface area (Å²) in [6.45, 7) is 1.02. The Bertz CT molecular complexity index is 870. The van der Waals surface area contributed by atoms with E-state index in [2.05, 4.69) is 10.3 Å². The number of benzene rings is 1. The van der Waals surface area contributed by atoms with Gasteiger partial charge in [0.05, 0.1) is 17.9 Å². The number of nitrogens with one attached hydrogen (secondary N) is 1. The van der Waals surface area contributed by atoms with E-state index in [1.807, 2.05) is 12.1 Å². The Morgan fingerprint density at radius 3 is 2.59 bits per heavy atom. The topological polar surface area (TPSA) is 88.6 Å². The molecule has 144 valence electrons. The molecule has 0 unspecified atom stereocenters. The summed E-state index contributed by atoms with van der Waals surface area (Å²) in [5.74, 6) is 0.121. The molecule has 1 aromatic carbocycles. The van der Waals surface area contributed by atoms with Crippen molar-refractivity contribution in [2.24, 2.45) is 5.92 Å². The Morgan fingerprint density at radius 2 is 1.93 bits per heavy atom. The van der Waals surface area contributed by atoms with E-state index < -0.39 is 10.0 Å². The highest BCUT2D eigenvalue weighted by atomic mass is 32.2. The van der Waals surface area contributed by atoms with E-state index in [1.54, 1.807) is 24.5 Å². The predicted molar refractivity (Wildman–Crippen MR) is 101 cm³/mol. The third kappa shape index (κ3) is 4.64. The van der Waals surface area contributed by atoms with E-state index >= 15 is 0 Å². The van der Waals surface area contributed by atoms with Gasteiger partial charge in [0, 0.05) is 32.0 Å². The van der Waals surface area contributed by atoms with Gasteiger partial charge in [0.25, 0.3) is 0 Å². The smallest absolute Gasteiger partial charge is 0.243 e. The SMILES string of the molecule is COc1ccc(S(=O)(=O)N2CCC[C@H](C(=O)NCc3ccncc3)C2)cc1. The van der Waals surface area contributed by atoms with Crippen molar-refractivity contribution in [2.75, 3.05) is 20.2 Å². The molecule has 0 aliphatic carbocycles. The maximum absolute atomic E-state index is 12.9. The Morgan fingerprint density at radius 1 is 1.22 bits per heavy atom. The fraction of sp³-hybridized carbons (Fsp3) is 0.368. The second kappa shape index (κ2) is 8.49. The summed E-state index contributed by atoms with van der Waals surface area (Å²) in [7, 11) is -2.10. The summed E-state index contributed by atoms with van der Waals surface area (Å²) in [5, 5.41) is 2.89. The van der Waals surface area contributed by atoms with Crippen molar-refractivity contribution in [2.45, 2.75) is 24.3 Å². The van der Waals surface area contributed by atoms with E-state index in [-0.39, 0.29) is 23.3 Å². The molecule has 8 heteroatoms. The fourth-order valence-corrected chi connectivity index (χ4v) is 4.63. The van der Waals surface area contributed by atoms with Gasteiger partial charge in [-0.1, -0.05) is 0 Å². The number of carbonyl (C=O) groups is 1. The van der Waals surface area contributed by atoms with Gasteiger partial charge >= 0.3 is 0 Å². The van der Waals surface area contributed by atoms with Crippen LogP contribution in [0.2, 0.25) is 0 Å². The third-order valence-corrected chi connectivity index (χ3v) is 6.55. The van der Waals surface area contributed by atoms with Crippen LogP contribution in [-0.4, -0.2) is 43.8 Å². The van der Waals surface area contributed by atoms with Crippen molar-refractivity contribution in [3.8, 4) is 5.75 Å². The quantitative estimate of drug-likeness (QED) is 0.814. The zero-order valence-corrected chi connectivity index (χ0v) is 16.0. The Hall–Kier alpha value is -2.45. The lowest BCUT2D eigenvalue weighted by atomic mass is 9.99. The zero-order valence-electron chi connectivity index (χ0n) is 15.2. The van der Waals surface area contributed by atoms with Crippen molar-refractivity contribution in [3.63, 3.8) is 0 Å². The number of amides is 1. The van der Waals surface area contributed by atoms with Crippen molar-refractivity contribution in [1.29, 1.82) is 0 Å². The van der Waals surface area contributed by atoms with Gasteiger partial charge in [0.1, 0.15) is 5.75 Å². The molecule has 7 nitrogen and oxygen atoms in total. The van der Waals surface area contributed by atoms with Crippen LogP contribution >= 0.6 is 0 Å². The highest BCUT2D eigenvalue weighted by Crippen LogP contribution is 2.25. The van der Waals surface area contributed by atoms with Crippen LogP contribution in [0.1, 0.15) is 18.4 Å². The summed E-state index contributed by atoms with van der Waals surface area (Å²) in [6.07, 6.45) is 4.68. The number of sulfonamides is 1. The first-order valence-corrected chi connectivity index (χ1v) is 10.3. The maximum Gasteiger partial charge on any atom is 0.243 e. The van der Waals surface area contributed by atoms with Crippen LogP contribution in [0.15, 0.2) is 53.7 Å². The number of rotatable bonds is 6. The van der Waals surface area contributed by atoms with E-state index in [1.165, 1.54) is 23.5 Å². The van der Waals surface area contributed by atoms with Crippen LogP contribution in [-0.2, 0) is 21.4 Å². The lowest BCUT2D eigenvalue weighted by molar-refractivity contribution is -0.126. The number of aromatic nitrogens is 1. The molecular formula is C19H23N3O4S. The zero-order chi connectivity index (χ0) is 19.3. The molecule has 0 radical (unpaired) electrons. The normalized spacial score (nSPS) is 18.0. The minimum Gasteiger partial charge on any atom is -0.497 e. The molecular weight excluding hydrogens is 366 g/mol. The number of nitrogens with zero attached hydrogens (tertiary/aromatic N) is 2. The number of piperidine rings is 1. The number of ether oxygens (including phenoxy) is 1. The van der Waals surface area contributed by atoms with Crippen LogP contribution in [0, 0.1) is 5.92 Å². The summed E-state index contributed by atoms with van der Waals surface area (Å²) < 4.78 is 32.2. The summed E-state index contributed by atoms with van der Waals surface area (Å²) in [5.41, 5.74) is 0.955. The molecule has 1 aliphatic heterocycles. The van der Waals surface area contributed by atoms with Gasteiger partial charge in [0.2, 0.25) is 15.9 Å². The summed E-state index contributed by atoms with van der Waals surface area (Å²) >= 11 is 0. The second-order valence-electron chi connectivity index (χ2n) is 6.45. The molecule has 2 aromatic rings. The lowest BCUT2D eigenvalue weighted by Gasteiger charge is -2.31. The first-order chi connectivity index (χ1) is 13.0. The van der Waals surface area contributed by atoms with Gasteiger partial charge in [0.15, 0.2) is 0 Å². The molecule has 1 saturated heterocycles. The van der Waals surface area contributed by atoms with Crippen LogP contribution in [0.4, 0.5) is 0 Å². The largest absolute Gasteiger partial charge is 0.497 e. The molecule has 1 N–H and O–H groups in total. The van der Waals surface area contributed by atoms with Gasteiger partial charge in [-0.05, 0) is 54.8 Å². The van der Waals surface area contributed by atoms with E-state index in [9.17, 15) is 13.2 Å². The van der Waals surface area contributed by atoms with Crippen LogP contribution in [0.3, 0.4) is 0 Å². The summed E-state index contributed by atoms with van der Waals surface area (Å²) in [6, 6.07) is 9.97. The lowest BCUT2D eigenvalue weighted by Crippen LogP contribution is -2.45. The highest BCUT2D eigenvalue weighted by Gasteiger charge is 2.33. The van der Waals surface area contributed by atoms with Crippen molar-refractivity contribution in [1.82, 2.24) is 14.6 Å². The molecule has 1 aliphatic rings. The molecule has 0 saturated carbocycles. The first kappa shape index (κ1) is 19.3. The Kier molecular flexibility index (Phi) is 6.08. The van der Waals surface area contributed by atoms with Gasteiger partial charge in [-0.2, -0.15) is 4.31 Å². The number of hydrogen-bond donors (Lipinski definition) is 1. The minimum absolute atomic E-state index is 0.124. The van der Waals surface area contributed by atoms with Crippen LogP contribution in [0.25, 0.3) is 0 Å². The van der Waals surface area contributed by atoms with Gasteiger partial charge in [-0.15, -0.1) is 0 Å². The molecule has 1 aromatic heterocycles. The molecule has 2 heterocycles. The van der Waals surface area contributed by atoms with Crippen molar-refractivity contribution in [3.05, 3.63) is 54.4 Å². The predicted octanol–water partition coefficient (Wildman–Crippen LogP) is 1.81. The molecule has 27 heavy (non-hydrogen) atoms. The van der Waals surface area contributed by atoms with E-state index in [4.69, 9.17) is 4.74 Å². The average Bonchev–Trinajstić information content (AvgIpc) is 2.73. The second-order valence-corrected chi connectivity index (χ2v) is 8.39. The van der Waals surface area contributed by atoms with E-state index in [0.717, 1.165) is 5.56 Å². The Balaban J connectivity index is 1.64. The van der Waals surface area contributed by atoms with E-state index in [0.29, 0.717) is 31.7 Å². The highest BCUT2D eigenvalue weighted by molar-refractivity contribution is 7.89. The van der Waals surface area contributed by atoms with Crippen molar-refractivity contribution < 1.29 is 17.9 Å². The number of carbonyl (C=O) groups excluding carboxylic acids is 1. The van der Waals surface area contributed by atoms with Gasteiger partial charge in [-0.25, -0.2) is 8.42 Å². The number of hydrogen-bond acceptors (Lipinski definition) is 5. The molecule has 1 fully saturated rings. The molecule has 0 spiro atoms. The molecule has 3 rings (SSSR count). The third-order valence-electron chi connectivity index (χ3n) is 4.67. The molecule has 1 atom stereocenters. The number of pyridine rings is 1. The van der Waals surface area contributed by atoms with Crippen LogP contribution in [0.5, 0.6) is 5.75 Å². The standard InChI is InChI=1S/C19H23N3O4S/c1-26-17-4-6-18(7-5-17)27(24,25)22-12-2-3-16(14-22)19(23)21-13-15-8-10-20-11-9-15/h4-11,16H,2-3,12-14H2,1H3,(H,21,23)/t16-/m0/s1. The minimum atomic E-state index is -3.63. The van der Waals surface area contributed by atoms with Gasteiger partial charge in [-0.3, -0.25) is 9.78 Å². The number of methoxy groups -OCH3 is 1. The summed E-state index contributed by atoms with van der Waals surface area (Å²) in [4.78, 5) is 16.7. The van der Waals surface area contributed by atoms with Gasteiger partial charge < -0.3 is 10.1 Å². The monoisotopic (exact) mass is 389 g/mol. The molecule has 0 bridgehead atoms. The average molecular weight is 389 g/mol. The maximum atomic E-state index is 12.9. The van der Waals surface area contributed by atoms with Crippen LogP contribution < -0.4 is 10.1 Å². The molecule has 1 amide bonds. The Labute approximate surface area is 159 Å². The van der Waals surface area contributed by atoms with Crippen molar-refractivity contribution >= 4 is 15.9 Å².